The van der Waals surface area contributed by atoms with E-state index in [0.29, 0.717) is 0 Å². The van der Waals surface area contributed by atoms with Crippen LogP contribution in [-0.4, -0.2) is 25.0 Å². The zero-order valence-electron chi connectivity index (χ0n) is 8.16. The minimum absolute atomic E-state index is 0.142. The number of rotatable bonds is 4. The van der Waals surface area contributed by atoms with Crippen molar-refractivity contribution in [3.8, 4) is 0 Å². The van der Waals surface area contributed by atoms with Gasteiger partial charge in [-0.15, -0.1) is 6.58 Å². The SMILES string of the molecule is C=CC(C)C(NC(C)=O)C(=O)OC. The second-order valence-corrected chi connectivity index (χ2v) is 2.80. The van der Waals surface area contributed by atoms with Crippen LogP contribution in [0.2, 0.25) is 0 Å². The molecule has 1 amide bonds. The number of nitrogens with one attached hydrogen (secondary N) is 1. The average Bonchev–Trinajstić information content (AvgIpc) is 2.11. The molecule has 4 heteroatoms. The second-order valence-electron chi connectivity index (χ2n) is 2.80. The van der Waals surface area contributed by atoms with E-state index in [-0.39, 0.29) is 11.8 Å². The van der Waals surface area contributed by atoms with Crippen molar-refractivity contribution in [2.45, 2.75) is 19.9 Å². The number of amides is 1. The fourth-order valence-electron chi connectivity index (χ4n) is 0.887. The van der Waals surface area contributed by atoms with E-state index < -0.39 is 12.0 Å². The zero-order valence-corrected chi connectivity index (χ0v) is 8.16. The molecule has 0 heterocycles. The van der Waals surface area contributed by atoms with Crippen molar-refractivity contribution in [1.29, 1.82) is 0 Å². The molecule has 4 nitrogen and oxygen atoms in total. The van der Waals surface area contributed by atoms with Crippen LogP contribution in [0.15, 0.2) is 12.7 Å². The first-order valence-corrected chi connectivity index (χ1v) is 4.00. The third-order valence-corrected chi connectivity index (χ3v) is 1.71. The molecule has 2 atom stereocenters. The van der Waals surface area contributed by atoms with Gasteiger partial charge in [-0.25, -0.2) is 4.79 Å². The van der Waals surface area contributed by atoms with E-state index in [1.54, 1.807) is 13.0 Å². The van der Waals surface area contributed by atoms with Crippen LogP contribution in [0.25, 0.3) is 0 Å². The molecule has 0 aliphatic carbocycles. The largest absolute Gasteiger partial charge is 0.467 e. The van der Waals surface area contributed by atoms with Gasteiger partial charge in [0.2, 0.25) is 5.91 Å². The summed E-state index contributed by atoms with van der Waals surface area (Å²) in [6.45, 7) is 6.68. The molecule has 13 heavy (non-hydrogen) atoms. The molecule has 0 bridgehead atoms. The Bertz CT molecular complexity index is 213. The van der Waals surface area contributed by atoms with Crippen LogP contribution in [-0.2, 0) is 14.3 Å². The van der Waals surface area contributed by atoms with E-state index in [4.69, 9.17) is 0 Å². The van der Waals surface area contributed by atoms with Crippen LogP contribution in [0, 0.1) is 5.92 Å². The first-order valence-electron chi connectivity index (χ1n) is 4.00. The Labute approximate surface area is 78.0 Å². The fraction of sp³-hybridized carbons (Fsp3) is 0.556. The van der Waals surface area contributed by atoms with Gasteiger partial charge in [-0.3, -0.25) is 4.79 Å². The van der Waals surface area contributed by atoms with Crippen molar-refractivity contribution < 1.29 is 14.3 Å². The van der Waals surface area contributed by atoms with Gasteiger partial charge in [-0.05, 0) is 0 Å². The molecule has 0 aliphatic heterocycles. The van der Waals surface area contributed by atoms with Crippen LogP contribution < -0.4 is 5.32 Å². The maximum atomic E-state index is 11.2. The number of hydrogen-bond donors (Lipinski definition) is 1. The molecule has 0 fully saturated rings. The predicted octanol–water partition coefficient (Wildman–Crippen LogP) is 0.486. The van der Waals surface area contributed by atoms with E-state index in [9.17, 15) is 9.59 Å². The molecule has 0 radical (unpaired) electrons. The summed E-state index contributed by atoms with van der Waals surface area (Å²) in [7, 11) is 1.28. The van der Waals surface area contributed by atoms with Crippen molar-refractivity contribution >= 4 is 11.9 Å². The van der Waals surface area contributed by atoms with Gasteiger partial charge in [0.05, 0.1) is 7.11 Å². The Balaban J connectivity index is 4.44. The topological polar surface area (TPSA) is 55.4 Å². The molecule has 0 rings (SSSR count). The lowest BCUT2D eigenvalue weighted by Crippen LogP contribution is -2.44. The molecule has 0 saturated heterocycles. The predicted molar refractivity (Wildman–Crippen MR) is 49.0 cm³/mol. The van der Waals surface area contributed by atoms with Gasteiger partial charge in [-0.2, -0.15) is 0 Å². The van der Waals surface area contributed by atoms with Crippen molar-refractivity contribution in [1.82, 2.24) is 5.32 Å². The van der Waals surface area contributed by atoms with Crippen LogP contribution in [0.1, 0.15) is 13.8 Å². The van der Waals surface area contributed by atoms with Crippen LogP contribution in [0.4, 0.5) is 0 Å². The van der Waals surface area contributed by atoms with Crippen molar-refractivity contribution in [2.24, 2.45) is 5.92 Å². The quantitative estimate of drug-likeness (QED) is 0.512. The van der Waals surface area contributed by atoms with Crippen LogP contribution in [0.3, 0.4) is 0 Å². The van der Waals surface area contributed by atoms with Gasteiger partial charge in [0, 0.05) is 12.8 Å². The standard InChI is InChI=1S/C9H15NO3/c1-5-6(2)8(9(12)13-4)10-7(3)11/h5-6,8H,1H2,2-4H3,(H,10,11). The van der Waals surface area contributed by atoms with Crippen molar-refractivity contribution in [3.05, 3.63) is 12.7 Å². The highest BCUT2D eigenvalue weighted by atomic mass is 16.5. The molecule has 0 aliphatic rings. The molecule has 0 aromatic heterocycles. The van der Waals surface area contributed by atoms with E-state index in [1.165, 1.54) is 14.0 Å². The normalized spacial score (nSPS) is 14.1. The first kappa shape index (κ1) is 11.7. The lowest BCUT2D eigenvalue weighted by atomic mass is 10.0. The summed E-state index contributed by atoms with van der Waals surface area (Å²) in [5.41, 5.74) is 0. The summed E-state index contributed by atoms with van der Waals surface area (Å²) in [6.07, 6.45) is 1.59. The second kappa shape index (κ2) is 5.35. The minimum atomic E-state index is -0.639. The highest BCUT2D eigenvalue weighted by Crippen LogP contribution is 2.05. The van der Waals surface area contributed by atoms with Gasteiger partial charge in [-0.1, -0.05) is 13.0 Å². The monoisotopic (exact) mass is 185 g/mol. The Kier molecular flexibility index (Phi) is 4.80. The summed E-state index contributed by atoms with van der Waals surface area (Å²) >= 11 is 0. The lowest BCUT2D eigenvalue weighted by molar-refractivity contribution is -0.145. The van der Waals surface area contributed by atoms with Gasteiger partial charge >= 0.3 is 5.97 Å². The molecule has 0 aromatic rings. The number of ether oxygens (including phenoxy) is 1. The Morgan fingerprint density at radius 3 is 2.38 bits per heavy atom. The molecular formula is C9H15NO3. The maximum absolute atomic E-state index is 11.2. The third kappa shape index (κ3) is 3.73. The van der Waals surface area contributed by atoms with E-state index >= 15 is 0 Å². The summed E-state index contributed by atoms with van der Waals surface area (Å²) < 4.78 is 4.53. The minimum Gasteiger partial charge on any atom is -0.467 e. The van der Waals surface area contributed by atoms with Crippen molar-refractivity contribution in [3.63, 3.8) is 0 Å². The summed E-state index contributed by atoms with van der Waals surface area (Å²) in [5, 5.41) is 2.50. The summed E-state index contributed by atoms with van der Waals surface area (Å²) in [4.78, 5) is 21.9. The smallest absolute Gasteiger partial charge is 0.328 e. The van der Waals surface area contributed by atoms with E-state index in [1.807, 2.05) is 0 Å². The number of hydrogen-bond acceptors (Lipinski definition) is 3. The Morgan fingerprint density at radius 2 is 2.08 bits per heavy atom. The van der Waals surface area contributed by atoms with Crippen LogP contribution >= 0.6 is 0 Å². The first-order chi connectivity index (χ1) is 6.02. The zero-order chi connectivity index (χ0) is 10.4. The molecule has 0 aromatic carbocycles. The molecule has 2 unspecified atom stereocenters. The summed E-state index contributed by atoms with van der Waals surface area (Å²) in [6, 6.07) is -0.639. The number of carbonyl (C=O) groups excluding carboxylic acids is 2. The summed E-state index contributed by atoms with van der Waals surface area (Å²) in [5.74, 6) is -0.858. The fourth-order valence-corrected chi connectivity index (χ4v) is 0.887. The molecule has 0 saturated carbocycles. The Hall–Kier alpha value is -1.32. The van der Waals surface area contributed by atoms with Gasteiger partial charge in [0.1, 0.15) is 6.04 Å². The Morgan fingerprint density at radius 1 is 1.54 bits per heavy atom. The molecular weight excluding hydrogens is 170 g/mol. The van der Waals surface area contributed by atoms with E-state index in [0.717, 1.165) is 0 Å². The van der Waals surface area contributed by atoms with Crippen LogP contribution in [0.5, 0.6) is 0 Å². The number of carbonyl (C=O) groups is 2. The third-order valence-electron chi connectivity index (χ3n) is 1.71. The highest BCUT2D eigenvalue weighted by Gasteiger charge is 2.24. The number of methoxy groups -OCH3 is 1. The van der Waals surface area contributed by atoms with Gasteiger partial charge in [0.25, 0.3) is 0 Å². The molecule has 1 N–H and O–H groups in total. The average molecular weight is 185 g/mol. The van der Waals surface area contributed by atoms with Gasteiger partial charge in [0.15, 0.2) is 0 Å². The molecule has 74 valence electrons. The highest BCUT2D eigenvalue weighted by molar-refractivity contribution is 5.83. The number of esters is 1. The lowest BCUT2D eigenvalue weighted by Gasteiger charge is -2.19. The van der Waals surface area contributed by atoms with E-state index in [2.05, 4.69) is 16.6 Å². The molecule has 0 spiro atoms. The maximum Gasteiger partial charge on any atom is 0.328 e. The van der Waals surface area contributed by atoms with Gasteiger partial charge < -0.3 is 10.1 Å². The van der Waals surface area contributed by atoms with Crippen molar-refractivity contribution in [2.75, 3.05) is 7.11 Å².